The quantitative estimate of drug-likeness (QED) is 0.196. The molecule has 0 spiro atoms. The van der Waals surface area contributed by atoms with Gasteiger partial charge in [0.25, 0.3) is 0 Å². The Bertz CT molecular complexity index is 3110. The lowest BCUT2D eigenvalue weighted by Crippen LogP contribution is -2.06. The molecule has 0 aliphatic heterocycles. The Kier molecular flexibility index (Phi) is 5.32. The summed E-state index contributed by atoms with van der Waals surface area (Å²) in [7, 11) is 0. The number of para-hydroxylation sites is 6. The van der Waals surface area contributed by atoms with E-state index in [-0.39, 0.29) is 0 Å². The molecule has 228 valence electrons. The van der Waals surface area contributed by atoms with Gasteiger partial charge in [0.2, 0.25) is 5.95 Å². The predicted molar refractivity (Wildman–Crippen MR) is 200 cm³/mol. The van der Waals surface area contributed by atoms with Crippen molar-refractivity contribution in [3.63, 3.8) is 0 Å². The van der Waals surface area contributed by atoms with Gasteiger partial charge >= 0.3 is 0 Å². The zero-order valence-electron chi connectivity index (χ0n) is 26.2. The molecule has 0 atom stereocenters. The van der Waals surface area contributed by atoms with Gasteiger partial charge in [-0.1, -0.05) is 109 Å². The van der Waals surface area contributed by atoms with Gasteiger partial charge in [-0.05, 0) is 65.2 Å². The number of imidazole rings is 1. The van der Waals surface area contributed by atoms with Crippen molar-refractivity contribution in [3.05, 3.63) is 158 Å². The molecule has 0 N–H and O–H groups in total. The first-order valence-electron chi connectivity index (χ1n) is 16.5. The molecule has 0 saturated heterocycles. The summed E-state index contributed by atoms with van der Waals surface area (Å²) in [5.41, 5.74) is 12.4. The van der Waals surface area contributed by atoms with Gasteiger partial charge in [-0.25, -0.2) is 9.97 Å². The molecule has 4 heterocycles. The summed E-state index contributed by atoms with van der Waals surface area (Å²) < 4.78 is 10.8. The number of benzene rings is 7. The van der Waals surface area contributed by atoms with E-state index in [1.54, 1.807) is 0 Å². The molecule has 49 heavy (non-hydrogen) atoms. The van der Waals surface area contributed by atoms with E-state index < -0.39 is 0 Å². The fraction of sp³-hybridized carbons (Fsp3) is 0. The summed E-state index contributed by atoms with van der Waals surface area (Å²) >= 11 is 0. The highest BCUT2D eigenvalue weighted by Gasteiger charge is 2.20. The van der Waals surface area contributed by atoms with E-state index >= 15 is 0 Å². The highest BCUT2D eigenvalue weighted by atomic mass is 16.3. The number of hydrogen-bond donors (Lipinski definition) is 0. The minimum atomic E-state index is 0.825. The summed E-state index contributed by atoms with van der Waals surface area (Å²) in [5.74, 6) is 0.825. The largest absolute Gasteiger partial charge is 0.455 e. The zero-order chi connectivity index (χ0) is 32.1. The van der Waals surface area contributed by atoms with Gasteiger partial charge in [-0.3, -0.25) is 8.97 Å². The van der Waals surface area contributed by atoms with E-state index in [1.807, 2.05) is 24.3 Å². The van der Waals surface area contributed by atoms with Crippen molar-refractivity contribution in [3.8, 4) is 28.2 Å². The lowest BCUT2D eigenvalue weighted by Gasteiger charge is -2.12. The highest BCUT2D eigenvalue weighted by molar-refractivity contribution is 6.11. The minimum absolute atomic E-state index is 0.825. The average molecular weight is 627 g/mol. The number of fused-ring (bicyclic) bond motifs is 11. The topological polar surface area (TPSA) is 48.3 Å². The molecule has 0 saturated carbocycles. The monoisotopic (exact) mass is 626 g/mol. The number of aromatic nitrogens is 4. The molecule has 0 aliphatic rings. The van der Waals surface area contributed by atoms with Crippen LogP contribution in [0.25, 0.3) is 99.5 Å². The molecule has 11 aromatic rings. The molecule has 7 aromatic carbocycles. The van der Waals surface area contributed by atoms with Crippen molar-refractivity contribution >= 4 is 71.3 Å². The normalized spacial score (nSPS) is 12.1. The van der Waals surface area contributed by atoms with Crippen LogP contribution in [0.3, 0.4) is 0 Å². The van der Waals surface area contributed by atoms with Crippen molar-refractivity contribution < 1.29 is 4.42 Å². The SMILES string of the molecule is c1ccc2c(c1)nc(-n1c3ccccc3c3cc(-c4ccc(-c5cccc6c5oc5ccccc56)cc4)ccc31)n1c3ccccc3nc21. The van der Waals surface area contributed by atoms with E-state index in [1.165, 1.54) is 10.8 Å². The summed E-state index contributed by atoms with van der Waals surface area (Å²) in [6.07, 6.45) is 0. The van der Waals surface area contributed by atoms with Gasteiger partial charge in [-0.2, -0.15) is 0 Å². The molecule has 0 fully saturated rings. The van der Waals surface area contributed by atoms with Crippen molar-refractivity contribution in [2.75, 3.05) is 0 Å². The Balaban J connectivity index is 1.09. The van der Waals surface area contributed by atoms with Crippen LogP contribution in [0.15, 0.2) is 162 Å². The highest BCUT2D eigenvalue weighted by Crippen LogP contribution is 2.39. The molecule has 0 unspecified atom stereocenters. The third-order valence-corrected chi connectivity index (χ3v) is 9.93. The lowest BCUT2D eigenvalue weighted by molar-refractivity contribution is 0.670. The van der Waals surface area contributed by atoms with Crippen molar-refractivity contribution in [2.24, 2.45) is 0 Å². The van der Waals surface area contributed by atoms with E-state index in [0.717, 1.165) is 88.8 Å². The van der Waals surface area contributed by atoms with Gasteiger partial charge in [-0.15, -0.1) is 0 Å². The van der Waals surface area contributed by atoms with Gasteiger partial charge < -0.3 is 4.42 Å². The van der Waals surface area contributed by atoms with Crippen LogP contribution in [0.2, 0.25) is 0 Å². The summed E-state index contributed by atoms with van der Waals surface area (Å²) in [6.45, 7) is 0. The maximum atomic E-state index is 6.34. The minimum Gasteiger partial charge on any atom is -0.455 e. The summed E-state index contributed by atoms with van der Waals surface area (Å²) in [5, 5.41) is 5.67. The van der Waals surface area contributed by atoms with Gasteiger partial charge in [0.1, 0.15) is 16.8 Å². The number of hydrogen-bond acceptors (Lipinski definition) is 3. The predicted octanol–water partition coefficient (Wildman–Crippen LogP) is 11.4. The molecule has 5 heteroatoms. The van der Waals surface area contributed by atoms with Crippen LogP contribution in [-0.4, -0.2) is 18.9 Å². The summed E-state index contributed by atoms with van der Waals surface area (Å²) in [4.78, 5) is 10.4. The van der Waals surface area contributed by atoms with Crippen LogP contribution in [0.4, 0.5) is 0 Å². The molecule has 0 amide bonds. The van der Waals surface area contributed by atoms with E-state index in [4.69, 9.17) is 14.4 Å². The molecular formula is C44H26N4O. The van der Waals surface area contributed by atoms with E-state index in [0.29, 0.717) is 0 Å². The first-order valence-corrected chi connectivity index (χ1v) is 16.5. The Morgan fingerprint density at radius 3 is 1.96 bits per heavy atom. The molecule has 11 rings (SSSR count). The molecule has 0 bridgehead atoms. The van der Waals surface area contributed by atoms with Crippen LogP contribution < -0.4 is 0 Å². The fourth-order valence-electron chi connectivity index (χ4n) is 7.66. The maximum Gasteiger partial charge on any atom is 0.221 e. The third kappa shape index (κ3) is 3.75. The maximum absolute atomic E-state index is 6.34. The van der Waals surface area contributed by atoms with Crippen LogP contribution in [0, 0.1) is 0 Å². The smallest absolute Gasteiger partial charge is 0.221 e. The zero-order valence-corrected chi connectivity index (χ0v) is 26.2. The average Bonchev–Trinajstić information content (AvgIpc) is 3.85. The first-order chi connectivity index (χ1) is 24.3. The van der Waals surface area contributed by atoms with Crippen molar-refractivity contribution in [1.29, 1.82) is 0 Å². The molecule has 0 aliphatic carbocycles. The summed E-state index contributed by atoms with van der Waals surface area (Å²) in [6, 6.07) is 55.4. The molecule has 5 nitrogen and oxygen atoms in total. The Hall–Kier alpha value is -6.72. The van der Waals surface area contributed by atoms with E-state index in [9.17, 15) is 0 Å². The van der Waals surface area contributed by atoms with Crippen molar-refractivity contribution in [2.45, 2.75) is 0 Å². The van der Waals surface area contributed by atoms with Gasteiger partial charge in [0, 0.05) is 32.5 Å². The van der Waals surface area contributed by atoms with Crippen molar-refractivity contribution in [1.82, 2.24) is 18.9 Å². The Morgan fingerprint density at radius 1 is 0.429 bits per heavy atom. The number of furan rings is 1. The lowest BCUT2D eigenvalue weighted by atomic mass is 9.98. The van der Waals surface area contributed by atoms with Crippen LogP contribution in [-0.2, 0) is 0 Å². The standard InChI is InChI=1S/C44H26N4O/c1-4-15-36-34(12-1)43-45-37-16-5-7-18-40(37)48(43)44(46-36)47-38-17-6-2-10-31(38)35-26-29(24-25-39(35)47)27-20-22-28(23-21-27)30-13-9-14-33-32-11-3-8-19-41(32)49-42(30)33/h1-26H. The second-order valence-corrected chi connectivity index (χ2v) is 12.6. The van der Waals surface area contributed by atoms with Crippen LogP contribution >= 0.6 is 0 Å². The Labute approximate surface area is 279 Å². The molecule has 0 radical (unpaired) electrons. The number of nitrogens with zero attached hydrogens (tertiary/aromatic N) is 4. The Morgan fingerprint density at radius 2 is 1.08 bits per heavy atom. The van der Waals surface area contributed by atoms with Crippen LogP contribution in [0.1, 0.15) is 0 Å². The van der Waals surface area contributed by atoms with E-state index in [2.05, 4.69) is 142 Å². The van der Waals surface area contributed by atoms with Gasteiger partial charge in [0.05, 0.1) is 27.6 Å². The van der Waals surface area contributed by atoms with Crippen LogP contribution in [0.5, 0.6) is 0 Å². The second-order valence-electron chi connectivity index (χ2n) is 12.6. The molecule has 4 aromatic heterocycles. The first kappa shape index (κ1) is 26.4. The molecular weight excluding hydrogens is 601 g/mol. The number of rotatable bonds is 3. The fourth-order valence-corrected chi connectivity index (χ4v) is 7.66. The third-order valence-electron chi connectivity index (χ3n) is 9.93. The van der Waals surface area contributed by atoms with Gasteiger partial charge in [0.15, 0.2) is 0 Å². The second kappa shape index (κ2) is 9.89.